The Kier molecular flexibility index (Phi) is 3.16. The molecule has 1 aliphatic rings. The fourth-order valence-corrected chi connectivity index (χ4v) is 2.00. The number of hydrogen-bond donors (Lipinski definition) is 2. The zero-order valence-electron chi connectivity index (χ0n) is 8.85. The molecule has 0 saturated heterocycles. The lowest BCUT2D eigenvalue weighted by molar-refractivity contribution is -0.500. The summed E-state index contributed by atoms with van der Waals surface area (Å²) in [5.41, 5.74) is -0.916. The Morgan fingerprint density at radius 1 is 1.26 bits per heavy atom. The minimum atomic E-state index is -1.83. The van der Waals surface area contributed by atoms with Crippen LogP contribution in [-0.4, -0.2) is 21.9 Å². The maximum absolute atomic E-state index is 11.4. The lowest BCUT2D eigenvalue weighted by atomic mass is 10.1. The van der Waals surface area contributed by atoms with Crippen molar-refractivity contribution in [2.75, 3.05) is 10.6 Å². The highest BCUT2D eigenvalue weighted by molar-refractivity contribution is 6.44. The standard InChI is InChI=1S/C8H4Cl2N4O5/c9-2-1-3-5(6(4(2)10)13(16)17)12-7(14(18)19)8(15)11-3/h1,7,12H,(H,11,15). The number of nitro benzene ring substituents is 1. The fraction of sp³-hybridized carbons (Fsp3) is 0.125. The quantitative estimate of drug-likeness (QED) is 0.634. The van der Waals surface area contributed by atoms with Gasteiger partial charge in [0.05, 0.1) is 20.6 Å². The van der Waals surface area contributed by atoms with E-state index in [9.17, 15) is 25.0 Å². The van der Waals surface area contributed by atoms with Gasteiger partial charge in [0.25, 0.3) is 0 Å². The number of nitro groups is 2. The summed E-state index contributed by atoms with van der Waals surface area (Å²) in [6.45, 7) is 0. The van der Waals surface area contributed by atoms with Gasteiger partial charge in [0.15, 0.2) is 0 Å². The van der Waals surface area contributed by atoms with Crippen LogP contribution in [0.1, 0.15) is 0 Å². The van der Waals surface area contributed by atoms with Crippen LogP contribution in [0, 0.1) is 20.2 Å². The number of halogens is 2. The number of rotatable bonds is 2. The largest absolute Gasteiger partial charge is 0.363 e. The summed E-state index contributed by atoms with van der Waals surface area (Å²) in [7, 11) is 0. The van der Waals surface area contributed by atoms with Gasteiger partial charge in [-0.1, -0.05) is 23.2 Å². The number of amides is 1. The van der Waals surface area contributed by atoms with Crippen molar-refractivity contribution in [2.45, 2.75) is 6.17 Å². The van der Waals surface area contributed by atoms with Gasteiger partial charge >= 0.3 is 17.8 Å². The molecule has 2 rings (SSSR count). The van der Waals surface area contributed by atoms with Crippen molar-refractivity contribution in [3.63, 3.8) is 0 Å². The number of nitrogens with zero attached hydrogens (tertiary/aromatic N) is 2. The molecule has 0 saturated carbocycles. The van der Waals surface area contributed by atoms with Crippen LogP contribution >= 0.6 is 23.2 Å². The number of nitrogens with one attached hydrogen (secondary N) is 2. The lowest BCUT2D eigenvalue weighted by Crippen LogP contribution is -2.44. The van der Waals surface area contributed by atoms with Crippen molar-refractivity contribution in [3.8, 4) is 0 Å². The molecule has 0 aromatic heterocycles. The smallest absolute Gasteiger partial charge is 0.316 e. The Labute approximate surface area is 114 Å². The Morgan fingerprint density at radius 3 is 2.42 bits per heavy atom. The Balaban J connectivity index is 2.64. The van der Waals surface area contributed by atoms with Gasteiger partial charge in [-0.25, -0.2) is 0 Å². The highest BCUT2D eigenvalue weighted by atomic mass is 35.5. The molecule has 1 amide bonds. The predicted molar refractivity (Wildman–Crippen MR) is 66.2 cm³/mol. The van der Waals surface area contributed by atoms with Crippen LogP contribution < -0.4 is 10.6 Å². The van der Waals surface area contributed by atoms with Gasteiger partial charge in [0.1, 0.15) is 10.7 Å². The molecule has 0 spiro atoms. The van der Waals surface area contributed by atoms with E-state index in [4.69, 9.17) is 23.2 Å². The maximum atomic E-state index is 11.4. The lowest BCUT2D eigenvalue weighted by Gasteiger charge is -2.21. The average Bonchev–Trinajstić information content (AvgIpc) is 2.29. The summed E-state index contributed by atoms with van der Waals surface area (Å²) >= 11 is 11.4. The van der Waals surface area contributed by atoms with Gasteiger partial charge in [-0.05, 0) is 6.07 Å². The molecule has 0 radical (unpaired) electrons. The number of carbonyl (C=O) groups is 1. The van der Waals surface area contributed by atoms with Crippen molar-refractivity contribution in [1.82, 2.24) is 0 Å². The maximum Gasteiger partial charge on any atom is 0.363 e. The van der Waals surface area contributed by atoms with Gasteiger partial charge in [-0.2, -0.15) is 0 Å². The van der Waals surface area contributed by atoms with Crippen molar-refractivity contribution in [1.29, 1.82) is 0 Å². The van der Waals surface area contributed by atoms with Crippen LogP contribution in [0.3, 0.4) is 0 Å². The molecule has 19 heavy (non-hydrogen) atoms. The van der Waals surface area contributed by atoms with Crippen LogP contribution in [0.2, 0.25) is 10.0 Å². The second kappa shape index (κ2) is 4.52. The van der Waals surface area contributed by atoms with E-state index in [1.807, 2.05) is 0 Å². The van der Waals surface area contributed by atoms with E-state index < -0.39 is 27.6 Å². The van der Waals surface area contributed by atoms with Gasteiger partial charge in [-0.15, -0.1) is 0 Å². The number of benzene rings is 1. The molecule has 9 nitrogen and oxygen atoms in total. The van der Waals surface area contributed by atoms with E-state index in [1.54, 1.807) is 0 Å². The second-order valence-corrected chi connectivity index (χ2v) is 4.31. The summed E-state index contributed by atoms with van der Waals surface area (Å²) in [5, 5.41) is 25.4. The highest BCUT2D eigenvalue weighted by Gasteiger charge is 2.39. The molecule has 100 valence electrons. The molecule has 1 aliphatic heterocycles. The number of carbonyl (C=O) groups excluding carboxylic acids is 1. The van der Waals surface area contributed by atoms with Crippen molar-refractivity contribution >= 4 is 46.2 Å². The number of hydrogen-bond acceptors (Lipinski definition) is 6. The van der Waals surface area contributed by atoms with E-state index in [0.717, 1.165) is 0 Å². The SMILES string of the molecule is O=C1Nc2cc(Cl)c(Cl)c([N+](=O)[O-])c2NC1[N+](=O)[O-]. The normalized spacial score (nSPS) is 17.2. The van der Waals surface area contributed by atoms with E-state index in [0.29, 0.717) is 0 Å². The fourth-order valence-electron chi connectivity index (χ4n) is 1.58. The second-order valence-electron chi connectivity index (χ2n) is 3.52. The first-order valence-electron chi connectivity index (χ1n) is 4.70. The van der Waals surface area contributed by atoms with Crippen LogP contribution in [-0.2, 0) is 4.79 Å². The predicted octanol–water partition coefficient (Wildman–Crippen LogP) is 1.87. The third-order valence-electron chi connectivity index (χ3n) is 2.38. The van der Waals surface area contributed by atoms with Crippen LogP contribution in [0.5, 0.6) is 0 Å². The van der Waals surface area contributed by atoms with Gasteiger partial charge in [-0.3, -0.25) is 25.0 Å². The Hall–Kier alpha value is -2.13. The molecule has 2 N–H and O–H groups in total. The van der Waals surface area contributed by atoms with Gasteiger partial charge in [0, 0.05) is 0 Å². The van der Waals surface area contributed by atoms with E-state index >= 15 is 0 Å². The first-order chi connectivity index (χ1) is 8.82. The Morgan fingerprint density at radius 2 is 1.89 bits per heavy atom. The molecule has 0 bridgehead atoms. The monoisotopic (exact) mass is 306 g/mol. The average molecular weight is 307 g/mol. The molecule has 0 fully saturated rings. The zero-order chi connectivity index (χ0) is 14.3. The van der Waals surface area contributed by atoms with Crippen molar-refractivity contribution in [3.05, 3.63) is 36.3 Å². The molecular formula is C8H4Cl2N4O5. The van der Waals surface area contributed by atoms with Crippen LogP contribution in [0.4, 0.5) is 17.1 Å². The summed E-state index contributed by atoms with van der Waals surface area (Å²) in [4.78, 5) is 31.3. The molecule has 11 heteroatoms. The zero-order valence-corrected chi connectivity index (χ0v) is 10.4. The molecular weight excluding hydrogens is 303 g/mol. The molecule has 1 atom stereocenters. The topological polar surface area (TPSA) is 127 Å². The third-order valence-corrected chi connectivity index (χ3v) is 3.15. The molecule has 1 heterocycles. The number of fused-ring (bicyclic) bond motifs is 1. The van der Waals surface area contributed by atoms with Gasteiger partial charge in [0.2, 0.25) is 0 Å². The molecule has 0 aliphatic carbocycles. The molecule has 1 aromatic rings. The number of anilines is 2. The third kappa shape index (κ3) is 2.13. The minimum Gasteiger partial charge on any atom is -0.316 e. The summed E-state index contributed by atoms with van der Waals surface area (Å²) < 4.78 is 0. The van der Waals surface area contributed by atoms with E-state index in [1.165, 1.54) is 6.07 Å². The van der Waals surface area contributed by atoms with Crippen molar-refractivity contribution < 1.29 is 14.6 Å². The minimum absolute atomic E-state index is 0.0378. The van der Waals surface area contributed by atoms with Crippen LogP contribution in [0.15, 0.2) is 6.07 Å². The first kappa shape index (κ1) is 13.3. The van der Waals surface area contributed by atoms with Crippen molar-refractivity contribution in [2.24, 2.45) is 0 Å². The Bertz CT molecular complexity index is 620. The van der Waals surface area contributed by atoms with Gasteiger partial charge < -0.3 is 10.6 Å². The van der Waals surface area contributed by atoms with E-state index in [2.05, 4.69) is 10.6 Å². The van der Waals surface area contributed by atoms with E-state index in [-0.39, 0.29) is 21.4 Å². The van der Waals surface area contributed by atoms with Crippen LogP contribution in [0.25, 0.3) is 0 Å². The highest BCUT2D eigenvalue weighted by Crippen LogP contribution is 2.44. The summed E-state index contributed by atoms with van der Waals surface area (Å²) in [6, 6.07) is 1.17. The molecule has 1 aromatic carbocycles. The summed E-state index contributed by atoms with van der Waals surface area (Å²) in [6.07, 6.45) is -1.83. The molecule has 1 unspecified atom stereocenters. The first-order valence-corrected chi connectivity index (χ1v) is 5.45. The summed E-state index contributed by atoms with van der Waals surface area (Å²) in [5.74, 6) is -0.954.